The van der Waals surface area contributed by atoms with Crippen molar-refractivity contribution >= 4 is 34.5 Å². The predicted octanol–water partition coefficient (Wildman–Crippen LogP) is 3.30. The number of hydrogen-bond acceptors (Lipinski definition) is 2. The van der Waals surface area contributed by atoms with E-state index in [-0.39, 0.29) is 24.1 Å². The zero-order valence-electron chi connectivity index (χ0n) is 12.0. The molecule has 6 heteroatoms. The van der Waals surface area contributed by atoms with Crippen LogP contribution < -0.4 is 5.32 Å². The van der Waals surface area contributed by atoms with Gasteiger partial charge in [0.25, 0.3) is 5.91 Å². The van der Waals surface area contributed by atoms with Gasteiger partial charge < -0.3 is 10.4 Å². The van der Waals surface area contributed by atoms with E-state index in [0.717, 1.165) is 6.42 Å². The minimum atomic E-state index is -0.869. The molecule has 0 saturated carbocycles. The van der Waals surface area contributed by atoms with E-state index in [0.29, 0.717) is 21.6 Å². The number of nitrogens with one attached hydrogen (secondary N) is 1. The highest BCUT2D eigenvalue weighted by Crippen LogP contribution is 2.16. The first kappa shape index (κ1) is 17.9. The fourth-order valence-corrected chi connectivity index (χ4v) is 2.88. The van der Waals surface area contributed by atoms with Gasteiger partial charge in [0.1, 0.15) is 5.82 Å². The van der Waals surface area contributed by atoms with Crippen molar-refractivity contribution in [1.29, 1.82) is 0 Å². The van der Waals surface area contributed by atoms with Crippen molar-refractivity contribution < 1.29 is 19.1 Å². The molecule has 2 N–H and O–H groups in total. The number of carbonyl (C=O) groups is 2. The Balaban J connectivity index is 2.65. The zero-order valence-corrected chi connectivity index (χ0v) is 14.2. The molecule has 0 bridgehead atoms. The van der Waals surface area contributed by atoms with E-state index in [1.807, 2.05) is 36.4 Å². The molecular formula is C15H19FINO3. The van der Waals surface area contributed by atoms with Crippen LogP contribution in [0.15, 0.2) is 18.2 Å². The standard InChI is InChI=1S/C15H19FINO3/c1-9(2)5-10(6-14(19)20)8-18-15(21)12-4-3-11(16)7-13(12)17/h3-4,7,9-10H,5-6,8H2,1-2H3,(H,18,21)(H,19,20). The smallest absolute Gasteiger partial charge is 0.303 e. The predicted molar refractivity (Wildman–Crippen MR) is 86.6 cm³/mol. The van der Waals surface area contributed by atoms with Gasteiger partial charge in [-0.1, -0.05) is 13.8 Å². The van der Waals surface area contributed by atoms with E-state index in [9.17, 15) is 14.0 Å². The van der Waals surface area contributed by atoms with Crippen molar-refractivity contribution in [2.75, 3.05) is 6.54 Å². The average Bonchev–Trinajstić information content (AvgIpc) is 2.34. The summed E-state index contributed by atoms with van der Waals surface area (Å²) in [6.45, 7) is 4.33. The minimum Gasteiger partial charge on any atom is -0.481 e. The van der Waals surface area contributed by atoms with Crippen LogP contribution in [0.2, 0.25) is 0 Å². The molecule has 0 aliphatic heterocycles. The second-order valence-corrected chi connectivity index (χ2v) is 6.59. The van der Waals surface area contributed by atoms with Crippen molar-refractivity contribution in [1.82, 2.24) is 5.32 Å². The molecule has 0 radical (unpaired) electrons. The maximum atomic E-state index is 13.0. The molecule has 1 atom stereocenters. The normalized spacial score (nSPS) is 12.2. The van der Waals surface area contributed by atoms with Gasteiger partial charge in [-0.2, -0.15) is 0 Å². The fraction of sp³-hybridized carbons (Fsp3) is 0.467. The number of halogens is 2. The van der Waals surface area contributed by atoms with Crippen molar-refractivity contribution in [2.45, 2.75) is 26.7 Å². The first-order valence-electron chi connectivity index (χ1n) is 6.74. The summed E-state index contributed by atoms with van der Waals surface area (Å²) in [7, 11) is 0. The monoisotopic (exact) mass is 407 g/mol. The number of benzene rings is 1. The van der Waals surface area contributed by atoms with Crippen LogP contribution in [0.4, 0.5) is 4.39 Å². The Labute approximate surface area is 137 Å². The van der Waals surface area contributed by atoms with Crippen LogP contribution in [0.3, 0.4) is 0 Å². The fourth-order valence-electron chi connectivity index (χ4n) is 2.16. The molecule has 1 aromatic rings. The van der Waals surface area contributed by atoms with E-state index < -0.39 is 5.97 Å². The molecule has 4 nitrogen and oxygen atoms in total. The Hall–Kier alpha value is -1.18. The lowest BCUT2D eigenvalue weighted by Crippen LogP contribution is -2.31. The van der Waals surface area contributed by atoms with Gasteiger partial charge in [0, 0.05) is 16.5 Å². The molecule has 0 aliphatic rings. The Bertz CT molecular complexity index is 520. The summed E-state index contributed by atoms with van der Waals surface area (Å²) in [5.41, 5.74) is 0.399. The number of amides is 1. The van der Waals surface area contributed by atoms with Crippen molar-refractivity contribution in [2.24, 2.45) is 11.8 Å². The summed E-state index contributed by atoms with van der Waals surface area (Å²) in [4.78, 5) is 22.9. The van der Waals surface area contributed by atoms with Crippen molar-refractivity contribution in [3.05, 3.63) is 33.1 Å². The molecule has 0 fully saturated rings. The third-order valence-corrected chi connectivity index (χ3v) is 3.89. The average molecular weight is 407 g/mol. The number of rotatable bonds is 7. The molecule has 1 unspecified atom stereocenters. The summed E-state index contributed by atoms with van der Waals surface area (Å²) in [6.07, 6.45) is 0.756. The first-order chi connectivity index (χ1) is 9.79. The molecule has 0 saturated heterocycles. The highest BCUT2D eigenvalue weighted by atomic mass is 127. The number of carboxylic acid groups (broad SMARTS) is 1. The van der Waals surface area contributed by atoms with Crippen LogP contribution in [0, 0.1) is 21.2 Å². The Morgan fingerprint density at radius 3 is 2.57 bits per heavy atom. The lowest BCUT2D eigenvalue weighted by molar-refractivity contribution is -0.138. The molecule has 0 spiro atoms. The minimum absolute atomic E-state index is 0.0268. The van der Waals surface area contributed by atoms with Crippen LogP contribution in [0.1, 0.15) is 37.0 Å². The highest BCUT2D eigenvalue weighted by molar-refractivity contribution is 14.1. The van der Waals surface area contributed by atoms with E-state index in [4.69, 9.17) is 5.11 Å². The molecular weight excluding hydrogens is 388 g/mol. The lowest BCUT2D eigenvalue weighted by atomic mass is 9.94. The Kier molecular flexibility index (Phi) is 7.07. The molecule has 116 valence electrons. The van der Waals surface area contributed by atoms with Gasteiger partial charge in [0.05, 0.1) is 5.56 Å². The third kappa shape index (κ3) is 6.41. The maximum Gasteiger partial charge on any atom is 0.303 e. The van der Waals surface area contributed by atoms with Crippen LogP contribution in [-0.4, -0.2) is 23.5 Å². The Morgan fingerprint density at radius 2 is 2.05 bits per heavy atom. The lowest BCUT2D eigenvalue weighted by Gasteiger charge is -2.18. The van der Waals surface area contributed by atoms with Crippen molar-refractivity contribution in [3.63, 3.8) is 0 Å². The molecule has 0 aliphatic carbocycles. The van der Waals surface area contributed by atoms with Gasteiger partial charge in [-0.15, -0.1) is 0 Å². The quantitative estimate of drug-likeness (QED) is 0.682. The number of carboxylic acids is 1. The van der Waals surface area contributed by atoms with E-state index >= 15 is 0 Å². The third-order valence-electron chi connectivity index (χ3n) is 3.00. The molecule has 1 aromatic carbocycles. The zero-order chi connectivity index (χ0) is 16.0. The van der Waals surface area contributed by atoms with E-state index in [1.165, 1.54) is 18.2 Å². The van der Waals surface area contributed by atoms with Crippen LogP contribution in [0.25, 0.3) is 0 Å². The highest BCUT2D eigenvalue weighted by Gasteiger charge is 2.17. The van der Waals surface area contributed by atoms with Gasteiger partial charge >= 0.3 is 5.97 Å². The van der Waals surface area contributed by atoms with E-state index in [1.54, 1.807) is 0 Å². The second-order valence-electron chi connectivity index (χ2n) is 5.43. The van der Waals surface area contributed by atoms with Crippen LogP contribution in [0.5, 0.6) is 0 Å². The largest absolute Gasteiger partial charge is 0.481 e. The topological polar surface area (TPSA) is 66.4 Å². The van der Waals surface area contributed by atoms with Crippen LogP contribution >= 0.6 is 22.6 Å². The summed E-state index contributed by atoms with van der Waals surface area (Å²) >= 11 is 1.90. The maximum absolute atomic E-state index is 13.0. The van der Waals surface area contributed by atoms with Crippen molar-refractivity contribution in [3.8, 4) is 0 Å². The summed E-state index contributed by atoms with van der Waals surface area (Å²) < 4.78 is 13.5. The molecule has 1 amide bonds. The SMILES string of the molecule is CC(C)CC(CNC(=O)c1ccc(F)cc1I)CC(=O)O. The van der Waals surface area contributed by atoms with Gasteiger partial charge in [0.2, 0.25) is 0 Å². The second kappa shape index (κ2) is 8.31. The Morgan fingerprint density at radius 1 is 1.38 bits per heavy atom. The van der Waals surface area contributed by atoms with Gasteiger partial charge in [0.15, 0.2) is 0 Å². The number of carbonyl (C=O) groups excluding carboxylic acids is 1. The molecule has 0 aromatic heterocycles. The molecule has 1 rings (SSSR count). The van der Waals surface area contributed by atoms with E-state index in [2.05, 4.69) is 5.32 Å². The van der Waals surface area contributed by atoms with Gasteiger partial charge in [-0.25, -0.2) is 4.39 Å². The molecule has 0 heterocycles. The summed E-state index contributed by atoms with van der Waals surface area (Å²) in [5.74, 6) is -1.31. The van der Waals surface area contributed by atoms with Crippen LogP contribution in [-0.2, 0) is 4.79 Å². The van der Waals surface area contributed by atoms with Gasteiger partial charge in [-0.3, -0.25) is 9.59 Å². The molecule has 21 heavy (non-hydrogen) atoms. The summed E-state index contributed by atoms with van der Waals surface area (Å²) in [5, 5.41) is 11.6. The summed E-state index contributed by atoms with van der Waals surface area (Å²) in [6, 6.07) is 3.96. The number of hydrogen-bond donors (Lipinski definition) is 2. The first-order valence-corrected chi connectivity index (χ1v) is 7.82. The van der Waals surface area contributed by atoms with Gasteiger partial charge in [-0.05, 0) is 59.0 Å². The number of aliphatic carboxylic acids is 1.